The van der Waals surface area contributed by atoms with Gasteiger partial charge in [-0.3, -0.25) is 0 Å². The number of methoxy groups -OCH3 is 1. The molecule has 3 aromatic rings. The van der Waals surface area contributed by atoms with Crippen LogP contribution in [0.15, 0.2) is 53.4 Å². The first-order valence-corrected chi connectivity index (χ1v) is 5.93. The van der Waals surface area contributed by atoms with Gasteiger partial charge in [0.2, 0.25) is 0 Å². The van der Waals surface area contributed by atoms with Gasteiger partial charge < -0.3 is 4.74 Å². The van der Waals surface area contributed by atoms with Crippen molar-refractivity contribution in [2.75, 3.05) is 7.11 Å². The average molecular weight is 240 g/mol. The summed E-state index contributed by atoms with van der Waals surface area (Å²) in [4.78, 5) is 1.01. The van der Waals surface area contributed by atoms with Gasteiger partial charge in [0.1, 0.15) is 5.75 Å². The van der Waals surface area contributed by atoms with Crippen molar-refractivity contribution < 1.29 is 4.74 Å². The molecule has 0 radical (unpaired) electrons. The molecule has 0 heterocycles. The second-order valence-electron chi connectivity index (χ2n) is 4.00. The molecular formula is C15H12OS. The summed E-state index contributed by atoms with van der Waals surface area (Å²) in [5.74, 6) is 0.892. The predicted octanol–water partition coefficient (Wildman–Crippen LogP) is 4.29. The zero-order valence-corrected chi connectivity index (χ0v) is 10.4. The summed E-state index contributed by atoms with van der Waals surface area (Å²) in [6.07, 6.45) is 0. The maximum absolute atomic E-state index is 5.40. The molecule has 0 N–H and O–H groups in total. The Kier molecular flexibility index (Phi) is 2.45. The quantitative estimate of drug-likeness (QED) is 0.493. The Morgan fingerprint density at radius 3 is 2.47 bits per heavy atom. The lowest BCUT2D eigenvalue weighted by atomic mass is 10.0. The summed E-state index contributed by atoms with van der Waals surface area (Å²) in [5.41, 5.74) is 0. The highest BCUT2D eigenvalue weighted by atomic mass is 32.1. The van der Waals surface area contributed by atoms with Crippen LogP contribution in [0.1, 0.15) is 0 Å². The van der Waals surface area contributed by atoms with Crippen LogP contribution >= 0.6 is 12.6 Å². The normalized spacial score (nSPS) is 10.9. The zero-order valence-electron chi connectivity index (χ0n) is 9.47. The third kappa shape index (κ3) is 1.56. The van der Waals surface area contributed by atoms with Crippen molar-refractivity contribution in [1.29, 1.82) is 0 Å². The maximum Gasteiger partial charge on any atom is 0.126 e. The van der Waals surface area contributed by atoms with Gasteiger partial charge in [0.25, 0.3) is 0 Å². The van der Waals surface area contributed by atoms with Gasteiger partial charge in [0, 0.05) is 10.3 Å². The summed E-state index contributed by atoms with van der Waals surface area (Å²) >= 11 is 4.65. The summed E-state index contributed by atoms with van der Waals surface area (Å²) in [7, 11) is 1.70. The minimum absolute atomic E-state index is 0.892. The van der Waals surface area contributed by atoms with Gasteiger partial charge in [0.05, 0.1) is 7.11 Å². The van der Waals surface area contributed by atoms with Crippen molar-refractivity contribution in [2.45, 2.75) is 4.90 Å². The van der Waals surface area contributed by atoms with E-state index < -0.39 is 0 Å². The van der Waals surface area contributed by atoms with Crippen LogP contribution in [0.4, 0.5) is 0 Å². The molecule has 0 saturated heterocycles. The molecule has 0 aliphatic rings. The van der Waals surface area contributed by atoms with Gasteiger partial charge >= 0.3 is 0 Å². The molecule has 0 atom stereocenters. The number of rotatable bonds is 1. The van der Waals surface area contributed by atoms with Gasteiger partial charge in [-0.1, -0.05) is 36.4 Å². The van der Waals surface area contributed by atoms with Crippen LogP contribution in [-0.4, -0.2) is 7.11 Å². The molecule has 3 rings (SSSR count). The fourth-order valence-electron chi connectivity index (χ4n) is 2.22. The van der Waals surface area contributed by atoms with E-state index in [2.05, 4.69) is 36.9 Å². The molecule has 1 nitrogen and oxygen atoms in total. The van der Waals surface area contributed by atoms with E-state index in [4.69, 9.17) is 4.74 Å². The fourth-order valence-corrected chi connectivity index (χ4v) is 2.62. The van der Waals surface area contributed by atoms with E-state index in [1.807, 2.05) is 24.3 Å². The van der Waals surface area contributed by atoms with Gasteiger partial charge in [-0.05, 0) is 28.3 Å². The van der Waals surface area contributed by atoms with Crippen LogP contribution in [-0.2, 0) is 0 Å². The molecule has 0 spiro atoms. The van der Waals surface area contributed by atoms with Crippen molar-refractivity contribution in [3.05, 3.63) is 48.5 Å². The van der Waals surface area contributed by atoms with Crippen LogP contribution < -0.4 is 4.74 Å². The first-order valence-electron chi connectivity index (χ1n) is 5.48. The summed E-state index contributed by atoms with van der Waals surface area (Å²) in [6.45, 7) is 0. The van der Waals surface area contributed by atoms with Crippen LogP contribution in [0, 0.1) is 0 Å². The van der Waals surface area contributed by atoms with E-state index in [-0.39, 0.29) is 0 Å². The van der Waals surface area contributed by atoms with Crippen molar-refractivity contribution in [1.82, 2.24) is 0 Å². The van der Waals surface area contributed by atoms with Gasteiger partial charge in [-0.25, -0.2) is 0 Å². The Bertz CT molecular complexity index is 704. The molecule has 0 unspecified atom stereocenters. The lowest BCUT2D eigenvalue weighted by Gasteiger charge is -2.10. The molecule has 0 aromatic heterocycles. The monoisotopic (exact) mass is 240 g/mol. The van der Waals surface area contributed by atoms with Crippen LogP contribution in [0.5, 0.6) is 5.75 Å². The van der Waals surface area contributed by atoms with E-state index >= 15 is 0 Å². The second kappa shape index (κ2) is 3.97. The number of hydrogen-bond donors (Lipinski definition) is 1. The first kappa shape index (κ1) is 10.5. The minimum atomic E-state index is 0.892. The topological polar surface area (TPSA) is 9.23 Å². The fraction of sp³-hybridized carbons (Fsp3) is 0.0667. The van der Waals surface area contributed by atoms with E-state index in [0.717, 1.165) is 21.4 Å². The van der Waals surface area contributed by atoms with Crippen molar-refractivity contribution in [3.63, 3.8) is 0 Å². The molecule has 0 amide bonds. The third-order valence-corrected chi connectivity index (χ3v) is 3.54. The molecule has 0 saturated carbocycles. The number of fused-ring (bicyclic) bond motifs is 2. The molecular weight excluding hydrogens is 228 g/mol. The smallest absolute Gasteiger partial charge is 0.126 e. The van der Waals surface area contributed by atoms with E-state index in [0.29, 0.717) is 0 Å². The highest BCUT2D eigenvalue weighted by molar-refractivity contribution is 7.80. The number of hydrogen-bond acceptors (Lipinski definition) is 2. The van der Waals surface area contributed by atoms with E-state index in [1.165, 1.54) is 10.8 Å². The van der Waals surface area contributed by atoms with Crippen molar-refractivity contribution in [2.24, 2.45) is 0 Å². The maximum atomic E-state index is 5.40. The Labute approximate surface area is 105 Å². The van der Waals surface area contributed by atoms with Gasteiger partial charge in [0.15, 0.2) is 0 Å². The van der Waals surface area contributed by atoms with E-state index in [1.54, 1.807) is 7.11 Å². The summed E-state index contributed by atoms with van der Waals surface area (Å²) in [6, 6.07) is 16.5. The number of thiol groups is 1. The average Bonchev–Trinajstić information content (AvgIpc) is 2.38. The predicted molar refractivity (Wildman–Crippen MR) is 75.3 cm³/mol. The second-order valence-corrected chi connectivity index (χ2v) is 4.45. The van der Waals surface area contributed by atoms with Gasteiger partial charge in [-0.15, -0.1) is 12.6 Å². The van der Waals surface area contributed by atoms with Crippen molar-refractivity contribution in [3.8, 4) is 5.75 Å². The highest BCUT2D eigenvalue weighted by Gasteiger charge is 2.07. The van der Waals surface area contributed by atoms with Crippen molar-refractivity contribution >= 4 is 34.2 Å². The zero-order chi connectivity index (χ0) is 11.8. The molecule has 2 heteroatoms. The molecule has 0 bridgehead atoms. The standard InChI is InChI=1S/C15H12OS/c1-16-14-8-4-7-12-13(14)9-10-5-2-3-6-11(10)15(12)17/h2-9,17H,1H3. The Balaban J connectivity index is 2.54. The first-order chi connectivity index (χ1) is 8.31. The Morgan fingerprint density at radius 1 is 0.882 bits per heavy atom. The van der Waals surface area contributed by atoms with Gasteiger partial charge in [-0.2, -0.15) is 0 Å². The third-order valence-electron chi connectivity index (χ3n) is 3.06. The van der Waals surface area contributed by atoms with Crippen LogP contribution in [0.25, 0.3) is 21.5 Å². The largest absolute Gasteiger partial charge is 0.496 e. The number of benzene rings is 3. The molecule has 0 aliphatic carbocycles. The number of ether oxygens (including phenoxy) is 1. The Morgan fingerprint density at radius 2 is 1.65 bits per heavy atom. The van der Waals surface area contributed by atoms with Crippen LogP contribution in [0.2, 0.25) is 0 Å². The lowest BCUT2D eigenvalue weighted by Crippen LogP contribution is -1.86. The SMILES string of the molecule is COc1cccc2c(S)c3ccccc3cc12. The lowest BCUT2D eigenvalue weighted by molar-refractivity contribution is 0.420. The highest BCUT2D eigenvalue weighted by Crippen LogP contribution is 2.35. The van der Waals surface area contributed by atoms with E-state index in [9.17, 15) is 0 Å². The minimum Gasteiger partial charge on any atom is -0.496 e. The molecule has 0 aliphatic heterocycles. The molecule has 0 fully saturated rings. The van der Waals surface area contributed by atoms with Crippen LogP contribution in [0.3, 0.4) is 0 Å². The Hall–Kier alpha value is -1.67. The summed E-state index contributed by atoms with van der Waals surface area (Å²) < 4.78 is 5.40. The summed E-state index contributed by atoms with van der Waals surface area (Å²) in [5, 5.41) is 4.61. The molecule has 3 aromatic carbocycles. The molecule has 84 valence electrons. The molecule has 17 heavy (non-hydrogen) atoms.